The number of ether oxygens (including phenoxy) is 2. The molecule has 1 aliphatic rings. The molecule has 144 valence electrons. The highest BCUT2D eigenvalue weighted by atomic mass is 32.1. The molecule has 1 aliphatic carbocycles. The van der Waals surface area contributed by atoms with Gasteiger partial charge in [-0.1, -0.05) is 13.0 Å². The van der Waals surface area contributed by atoms with E-state index in [2.05, 4.69) is 12.2 Å². The SMILES string of the molecule is COc1ccc(C)cc1NC(=O)[C@@H](C)OC(=O)c1cc2c(s1)CC[C@@H](C)C2. The van der Waals surface area contributed by atoms with Crippen molar-refractivity contribution in [3.05, 3.63) is 45.1 Å². The molecule has 1 aromatic heterocycles. The number of amides is 1. The maximum atomic E-state index is 12.5. The highest BCUT2D eigenvalue weighted by molar-refractivity contribution is 7.14. The third kappa shape index (κ3) is 4.50. The lowest BCUT2D eigenvalue weighted by molar-refractivity contribution is -0.123. The Hall–Kier alpha value is -2.34. The minimum Gasteiger partial charge on any atom is -0.495 e. The number of methoxy groups -OCH3 is 1. The minimum atomic E-state index is -0.902. The maximum Gasteiger partial charge on any atom is 0.349 e. The molecule has 2 atom stereocenters. The summed E-state index contributed by atoms with van der Waals surface area (Å²) in [5.74, 6) is 0.376. The first-order chi connectivity index (χ1) is 12.9. The first kappa shape index (κ1) is 19.4. The molecular formula is C21H25NO4S. The lowest BCUT2D eigenvalue weighted by Crippen LogP contribution is -2.30. The first-order valence-corrected chi connectivity index (χ1v) is 9.97. The van der Waals surface area contributed by atoms with E-state index < -0.39 is 12.1 Å². The normalized spacial score (nSPS) is 17.0. The molecule has 0 spiro atoms. The van der Waals surface area contributed by atoms with Gasteiger partial charge < -0.3 is 14.8 Å². The number of thiophene rings is 1. The van der Waals surface area contributed by atoms with Crippen LogP contribution >= 0.6 is 11.3 Å². The Kier molecular flexibility index (Phi) is 5.85. The topological polar surface area (TPSA) is 64.6 Å². The van der Waals surface area contributed by atoms with Crippen molar-refractivity contribution in [3.63, 3.8) is 0 Å². The van der Waals surface area contributed by atoms with Crippen LogP contribution in [0.1, 0.15) is 45.9 Å². The largest absolute Gasteiger partial charge is 0.495 e. The third-order valence-corrected chi connectivity index (χ3v) is 6.01. The lowest BCUT2D eigenvalue weighted by atomic mass is 9.90. The van der Waals surface area contributed by atoms with Crippen LogP contribution in [-0.4, -0.2) is 25.1 Å². The molecular weight excluding hydrogens is 362 g/mol. The predicted octanol–water partition coefficient (Wildman–Crippen LogP) is 4.37. The Morgan fingerprint density at radius 3 is 2.81 bits per heavy atom. The van der Waals surface area contributed by atoms with Crippen LogP contribution in [-0.2, 0) is 22.4 Å². The lowest BCUT2D eigenvalue weighted by Gasteiger charge is -2.16. The molecule has 1 heterocycles. The van der Waals surface area contributed by atoms with Gasteiger partial charge in [-0.3, -0.25) is 4.79 Å². The number of benzene rings is 1. The number of aryl methyl sites for hydroxylation is 2. The molecule has 0 bridgehead atoms. The number of carbonyl (C=O) groups is 2. The summed E-state index contributed by atoms with van der Waals surface area (Å²) in [5.41, 5.74) is 2.80. The summed E-state index contributed by atoms with van der Waals surface area (Å²) < 4.78 is 10.7. The number of hydrogen-bond donors (Lipinski definition) is 1. The Morgan fingerprint density at radius 1 is 1.30 bits per heavy atom. The summed E-state index contributed by atoms with van der Waals surface area (Å²) in [7, 11) is 1.54. The van der Waals surface area contributed by atoms with E-state index in [-0.39, 0.29) is 5.91 Å². The summed E-state index contributed by atoms with van der Waals surface area (Å²) >= 11 is 1.48. The molecule has 27 heavy (non-hydrogen) atoms. The van der Waals surface area contributed by atoms with E-state index >= 15 is 0 Å². The summed E-state index contributed by atoms with van der Waals surface area (Å²) in [5, 5.41) is 2.78. The van der Waals surface area contributed by atoms with Crippen molar-refractivity contribution in [3.8, 4) is 5.75 Å². The van der Waals surface area contributed by atoms with Crippen molar-refractivity contribution in [1.29, 1.82) is 0 Å². The van der Waals surface area contributed by atoms with E-state index in [1.54, 1.807) is 20.1 Å². The quantitative estimate of drug-likeness (QED) is 0.774. The van der Waals surface area contributed by atoms with Crippen LogP contribution in [0.25, 0.3) is 0 Å². The number of hydrogen-bond acceptors (Lipinski definition) is 5. The third-order valence-electron chi connectivity index (χ3n) is 4.80. The highest BCUT2D eigenvalue weighted by Crippen LogP contribution is 2.32. The molecule has 0 fully saturated rings. The number of carbonyl (C=O) groups excluding carboxylic acids is 2. The van der Waals surface area contributed by atoms with Crippen LogP contribution in [0.3, 0.4) is 0 Å². The molecule has 0 aliphatic heterocycles. The molecule has 1 N–H and O–H groups in total. The molecule has 0 unspecified atom stereocenters. The average molecular weight is 388 g/mol. The first-order valence-electron chi connectivity index (χ1n) is 9.15. The van der Waals surface area contributed by atoms with Crippen LogP contribution in [0.4, 0.5) is 5.69 Å². The minimum absolute atomic E-state index is 0.387. The molecule has 1 amide bonds. The van der Waals surface area contributed by atoms with Crippen LogP contribution < -0.4 is 10.1 Å². The second-order valence-electron chi connectivity index (χ2n) is 7.15. The monoisotopic (exact) mass is 387 g/mol. The van der Waals surface area contributed by atoms with Gasteiger partial charge in [-0.25, -0.2) is 4.79 Å². The van der Waals surface area contributed by atoms with Crippen molar-refractivity contribution >= 4 is 28.9 Å². The molecule has 3 rings (SSSR count). The smallest absolute Gasteiger partial charge is 0.349 e. The van der Waals surface area contributed by atoms with Gasteiger partial charge in [0.15, 0.2) is 6.10 Å². The number of nitrogens with one attached hydrogen (secondary N) is 1. The Morgan fingerprint density at radius 2 is 2.07 bits per heavy atom. The van der Waals surface area contributed by atoms with E-state index in [1.807, 2.05) is 25.1 Å². The zero-order chi connectivity index (χ0) is 19.6. The molecule has 5 nitrogen and oxygen atoms in total. The zero-order valence-corrected chi connectivity index (χ0v) is 16.9. The van der Waals surface area contributed by atoms with Gasteiger partial charge in [0.1, 0.15) is 10.6 Å². The van der Waals surface area contributed by atoms with E-state index in [0.717, 1.165) is 24.8 Å². The molecule has 6 heteroatoms. The van der Waals surface area contributed by atoms with Gasteiger partial charge in [-0.15, -0.1) is 11.3 Å². The highest BCUT2D eigenvalue weighted by Gasteiger charge is 2.24. The molecule has 0 saturated heterocycles. The summed E-state index contributed by atoms with van der Waals surface area (Å²) in [6.07, 6.45) is 2.26. The summed E-state index contributed by atoms with van der Waals surface area (Å²) in [4.78, 5) is 26.8. The van der Waals surface area contributed by atoms with Crippen molar-refractivity contribution in [2.24, 2.45) is 5.92 Å². The summed E-state index contributed by atoms with van der Waals surface area (Å²) in [6.45, 7) is 5.73. The van der Waals surface area contributed by atoms with Gasteiger partial charge in [0.25, 0.3) is 5.91 Å². The van der Waals surface area contributed by atoms with Crippen LogP contribution in [0, 0.1) is 12.8 Å². The van der Waals surface area contributed by atoms with E-state index in [0.29, 0.717) is 22.2 Å². The van der Waals surface area contributed by atoms with Gasteiger partial charge in [-0.2, -0.15) is 0 Å². The van der Waals surface area contributed by atoms with Gasteiger partial charge in [0.2, 0.25) is 0 Å². The van der Waals surface area contributed by atoms with Crippen LogP contribution in [0.2, 0.25) is 0 Å². The fourth-order valence-corrected chi connectivity index (χ4v) is 4.32. The second-order valence-corrected chi connectivity index (χ2v) is 8.28. The van der Waals surface area contributed by atoms with E-state index in [1.165, 1.54) is 21.8 Å². The van der Waals surface area contributed by atoms with Crippen molar-refractivity contribution in [1.82, 2.24) is 0 Å². The molecule has 1 aromatic carbocycles. The average Bonchev–Trinajstić information content (AvgIpc) is 3.05. The summed E-state index contributed by atoms with van der Waals surface area (Å²) in [6, 6.07) is 7.43. The van der Waals surface area contributed by atoms with Crippen molar-refractivity contribution in [2.45, 2.75) is 46.1 Å². The number of esters is 1. The van der Waals surface area contributed by atoms with Crippen molar-refractivity contribution in [2.75, 3.05) is 12.4 Å². The number of rotatable bonds is 5. The molecule has 0 saturated carbocycles. The van der Waals surface area contributed by atoms with Crippen molar-refractivity contribution < 1.29 is 19.1 Å². The molecule has 0 radical (unpaired) electrons. The fourth-order valence-electron chi connectivity index (χ4n) is 3.23. The van der Waals surface area contributed by atoms with Gasteiger partial charge in [-0.05, 0) is 68.4 Å². The van der Waals surface area contributed by atoms with E-state index in [4.69, 9.17) is 9.47 Å². The van der Waals surface area contributed by atoms with Crippen LogP contribution in [0.5, 0.6) is 5.75 Å². The van der Waals surface area contributed by atoms with E-state index in [9.17, 15) is 9.59 Å². The fraction of sp³-hybridized carbons (Fsp3) is 0.429. The zero-order valence-electron chi connectivity index (χ0n) is 16.1. The second kappa shape index (κ2) is 8.13. The maximum absolute atomic E-state index is 12.5. The standard InChI is InChI=1S/C21H25NO4S/c1-12-6-8-18-15(9-12)11-19(27-18)21(24)26-14(3)20(23)22-16-10-13(2)5-7-17(16)25-4/h5,7,10-12,14H,6,8-9H2,1-4H3,(H,22,23)/t12-,14-/m1/s1. The number of fused-ring (bicyclic) bond motifs is 1. The Labute approximate surface area is 163 Å². The van der Waals surface area contributed by atoms with Gasteiger partial charge in [0.05, 0.1) is 12.8 Å². The van der Waals surface area contributed by atoms with Crippen LogP contribution in [0.15, 0.2) is 24.3 Å². The Balaban J connectivity index is 1.65. The molecule has 2 aromatic rings. The Bertz CT molecular complexity index is 858. The van der Waals surface area contributed by atoms with Gasteiger partial charge in [0, 0.05) is 4.88 Å². The number of anilines is 1. The van der Waals surface area contributed by atoms with Gasteiger partial charge >= 0.3 is 5.97 Å². The predicted molar refractivity (Wildman–Crippen MR) is 107 cm³/mol.